The monoisotopic (exact) mass is 318 g/mol. The third-order valence-corrected chi connectivity index (χ3v) is 5.09. The number of nitrogens with one attached hydrogen (secondary N) is 2. The zero-order chi connectivity index (χ0) is 15.9. The number of hydrogen-bond donors (Lipinski definition) is 2. The highest BCUT2D eigenvalue weighted by molar-refractivity contribution is 7.91. The Morgan fingerprint density at radius 2 is 1.91 bits per heavy atom. The first-order valence-corrected chi connectivity index (χ1v) is 8.03. The molecule has 0 bridgehead atoms. The lowest BCUT2D eigenvalue weighted by molar-refractivity contribution is 0.597. The minimum absolute atomic E-state index is 0.0398. The molecule has 2 N–H and O–H groups in total. The van der Waals surface area contributed by atoms with E-state index in [0.29, 0.717) is 5.69 Å². The van der Waals surface area contributed by atoms with Gasteiger partial charge in [-0.15, -0.1) is 0 Å². The molecule has 3 aromatic rings. The van der Waals surface area contributed by atoms with Crippen LogP contribution in [0.4, 0.5) is 5.82 Å². The number of H-pyrrole nitrogens is 1. The van der Waals surface area contributed by atoms with E-state index in [1.807, 2.05) is 0 Å². The zero-order valence-corrected chi connectivity index (χ0v) is 12.8. The Labute approximate surface area is 126 Å². The lowest BCUT2D eigenvalue weighted by Gasteiger charge is -2.05. The molecule has 114 valence electrons. The van der Waals surface area contributed by atoms with Gasteiger partial charge < -0.3 is 5.32 Å². The summed E-state index contributed by atoms with van der Waals surface area (Å²) in [7, 11) is -2.24. The molecule has 2 heterocycles. The van der Waals surface area contributed by atoms with Gasteiger partial charge in [0.25, 0.3) is 5.56 Å². The van der Waals surface area contributed by atoms with Crippen molar-refractivity contribution in [2.24, 2.45) is 0 Å². The van der Waals surface area contributed by atoms with E-state index in [1.54, 1.807) is 32.2 Å². The van der Waals surface area contributed by atoms with E-state index in [1.165, 1.54) is 18.2 Å². The maximum atomic E-state index is 12.9. The van der Waals surface area contributed by atoms with Crippen LogP contribution in [0.3, 0.4) is 0 Å². The molecular formula is C14H14N4O3S. The van der Waals surface area contributed by atoms with Crippen LogP contribution in [0.15, 0.2) is 51.0 Å². The van der Waals surface area contributed by atoms with E-state index >= 15 is 0 Å². The van der Waals surface area contributed by atoms with Crippen molar-refractivity contribution in [3.05, 3.63) is 52.4 Å². The minimum atomic E-state index is -3.81. The van der Waals surface area contributed by atoms with Crippen molar-refractivity contribution in [3.63, 3.8) is 0 Å². The van der Waals surface area contributed by atoms with Crippen LogP contribution in [0, 0.1) is 6.92 Å². The first-order valence-electron chi connectivity index (χ1n) is 6.55. The molecule has 1 aromatic carbocycles. The Bertz CT molecular complexity index is 1000. The fraction of sp³-hybridized carbons (Fsp3) is 0.143. The van der Waals surface area contributed by atoms with Gasteiger partial charge in [-0.05, 0) is 19.1 Å². The molecule has 3 rings (SSSR count). The fourth-order valence-electron chi connectivity index (χ4n) is 2.27. The van der Waals surface area contributed by atoms with Crippen LogP contribution in [0.2, 0.25) is 0 Å². The summed E-state index contributed by atoms with van der Waals surface area (Å²) >= 11 is 0. The zero-order valence-electron chi connectivity index (χ0n) is 12.0. The van der Waals surface area contributed by atoms with Crippen molar-refractivity contribution in [2.75, 3.05) is 12.4 Å². The number of aryl methyl sites for hydroxylation is 1. The van der Waals surface area contributed by atoms with Gasteiger partial charge in [0, 0.05) is 18.8 Å². The van der Waals surface area contributed by atoms with Crippen LogP contribution in [0.25, 0.3) is 5.65 Å². The number of fused-ring (bicyclic) bond motifs is 1. The second-order valence-electron chi connectivity index (χ2n) is 4.78. The van der Waals surface area contributed by atoms with Gasteiger partial charge in [-0.3, -0.25) is 9.89 Å². The van der Waals surface area contributed by atoms with Gasteiger partial charge >= 0.3 is 0 Å². The van der Waals surface area contributed by atoms with Crippen molar-refractivity contribution in [1.82, 2.24) is 14.6 Å². The van der Waals surface area contributed by atoms with E-state index in [4.69, 9.17) is 0 Å². The van der Waals surface area contributed by atoms with Gasteiger partial charge in [0.1, 0.15) is 5.82 Å². The van der Waals surface area contributed by atoms with Crippen LogP contribution in [-0.4, -0.2) is 30.1 Å². The van der Waals surface area contributed by atoms with Crippen LogP contribution >= 0.6 is 0 Å². The molecule has 0 amide bonds. The highest BCUT2D eigenvalue weighted by Crippen LogP contribution is 2.29. The molecule has 0 unspecified atom stereocenters. The molecule has 0 saturated heterocycles. The molecule has 0 saturated carbocycles. The van der Waals surface area contributed by atoms with Crippen molar-refractivity contribution in [2.45, 2.75) is 16.7 Å². The number of sulfone groups is 1. The Hall–Kier alpha value is -2.61. The smallest absolute Gasteiger partial charge is 0.272 e. The molecule has 0 spiro atoms. The summed E-state index contributed by atoms with van der Waals surface area (Å²) in [6, 6.07) is 9.37. The third-order valence-electron chi connectivity index (χ3n) is 3.27. The number of hydrogen-bond acceptors (Lipinski definition) is 5. The molecular weight excluding hydrogens is 304 g/mol. The van der Waals surface area contributed by atoms with Crippen molar-refractivity contribution in [3.8, 4) is 0 Å². The molecule has 0 radical (unpaired) electrons. The minimum Gasteiger partial charge on any atom is -0.372 e. The van der Waals surface area contributed by atoms with E-state index in [-0.39, 0.29) is 26.8 Å². The Morgan fingerprint density at radius 1 is 1.23 bits per heavy atom. The summed E-state index contributed by atoms with van der Waals surface area (Å²) in [5, 5.41) is 5.51. The van der Waals surface area contributed by atoms with Gasteiger partial charge in [-0.25, -0.2) is 13.4 Å². The average molecular weight is 318 g/mol. The summed E-state index contributed by atoms with van der Waals surface area (Å²) in [5.41, 5.74) is 0.169. The van der Waals surface area contributed by atoms with Gasteiger partial charge in [0.05, 0.1) is 4.90 Å². The topological polar surface area (TPSA) is 96.3 Å². The summed E-state index contributed by atoms with van der Waals surface area (Å²) in [6.45, 7) is 1.65. The SMILES string of the molecule is CNc1[nH]n2c(=O)cc(C)nc2c1S(=O)(=O)c1ccccc1. The largest absolute Gasteiger partial charge is 0.372 e. The highest BCUT2D eigenvalue weighted by Gasteiger charge is 2.28. The van der Waals surface area contributed by atoms with E-state index in [0.717, 1.165) is 4.52 Å². The summed E-state index contributed by atoms with van der Waals surface area (Å²) in [4.78, 5) is 16.3. The molecule has 0 aliphatic carbocycles. The second kappa shape index (κ2) is 4.99. The first-order chi connectivity index (χ1) is 10.4. The van der Waals surface area contributed by atoms with Crippen LogP contribution in [0.1, 0.15) is 5.69 Å². The van der Waals surface area contributed by atoms with E-state index in [9.17, 15) is 13.2 Å². The molecule has 0 fully saturated rings. The molecule has 2 aromatic heterocycles. The van der Waals surface area contributed by atoms with Crippen molar-refractivity contribution < 1.29 is 8.42 Å². The molecule has 0 aliphatic heterocycles. The number of benzene rings is 1. The Balaban J connectivity index is 2.42. The average Bonchev–Trinajstić information content (AvgIpc) is 2.87. The van der Waals surface area contributed by atoms with Crippen molar-refractivity contribution >= 4 is 21.3 Å². The van der Waals surface area contributed by atoms with Gasteiger partial charge in [-0.2, -0.15) is 4.52 Å². The summed E-state index contributed by atoms with van der Waals surface area (Å²) in [5.74, 6) is 0.221. The lowest BCUT2D eigenvalue weighted by Crippen LogP contribution is -2.15. The molecule has 22 heavy (non-hydrogen) atoms. The maximum absolute atomic E-state index is 12.9. The Kier molecular flexibility index (Phi) is 3.25. The quantitative estimate of drug-likeness (QED) is 0.756. The number of aromatic amines is 1. The molecule has 8 heteroatoms. The predicted molar refractivity (Wildman–Crippen MR) is 82.0 cm³/mol. The number of aromatic nitrogens is 3. The molecule has 7 nitrogen and oxygen atoms in total. The summed E-state index contributed by atoms with van der Waals surface area (Å²) in [6.07, 6.45) is 0. The van der Waals surface area contributed by atoms with Crippen LogP contribution in [0.5, 0.6) is 0 Å². The van der Waals surface area contributed by atoms with E-state index in [2.05, 4.69) is 15.4 Å². The Morgan fingerprint density at radius 3 is 2.55 bits per heavy atom. The lowest BCUT2D eigenvalue weighted by atomic mass is 10.4. The highest BCUT2D eigenvalue weighted by atomic mass is 32.2. The third kappa shape index (κ3) is 2.08. The fourth-order valence-corrected chi connectivity index (χ4v) is 3.82. The molecule has 0 atom stereocenters. The van der Waals surface area contributed by atoms with Gasteiger partial charge in [0.15, 0.2) is 10.5 Å². The van der Waals surface area contributed by atoms with E-state index < -0.39 is 9.84 Å². The maximum Gasteiger partial charge on any atom is 0.272 e. The van der Waals surface area contributed by atoms with Crippen molar-refractivity contribution in [1.29, 1.82) is 0 Å². The normalized spacial score (nSPS) is 11.7. The van der Waals surface area contributed by atoms with Crippen LogP contribution < -0.4 is 10.9 Å². The molecule has 0 aliphatic rings. The van der Waals surface area contributed by atoms with Gasteiger partial charge in [-0.1, -0.05) is 18.2 Å². The number of anilines is 1. The number of nitrogens with zero attached hydrogens (tertiary/aromatic N) is 2. The first kappa shape index (κ1) is 14.3. The van der Waals surface area contributed by atoms with Crippen LogP contribution in [-0.2, 0) is 9.84 Å². The second-order valence-corrected chi connectivity index (χ2v) is 6.66. The van der Waals surface area contributed by atoms with Gasteiger partial charge in [0.2, 0.25) is 9.84 Å². The predicted octanol–water partition coefficient (Wildman–Crippen LogP) is 1.21. The standard InChI is InChI=1S/C14H14N4O3S/c1-9-8-11(19)18-14(16-9)12(13(15-2)17-18)22(20,21)10-6-4-3-5-7-10/h3-8,15,17H,1-2H3. The number of rotatable bonds is 3. The summed E-state index contributed by atoms with van der Waals surface area (Å²) < 4.78 is 26.9.